The summed E-state index contributed by atoms with van der Waals surface area (Å²) in [5.74, 6) is 0. The molecule has 0 unspecified atom stereocenters. The Hall–Kier alpha value is -2.21. The molecule has 0 saturated carbocycles. The van der Waals surface area contributed by atoms with Crippen LogP contribution in [0.5, 0.6) is 0 Å². The van der Waals surface area contributed by atoms with E-state index in [2.05, 4.69) is 15.2 Å². The van der Waals surface area contributed by atoms with Crippen molar-refractivity contribution in [3.63, 3.8) is 0 Å². The van der Waals surface area contributed by atoms with Crippen molar-refractivity contribution < 1.29 is 4.92 Å². The zero-order valence-corrected chi connectivity index (χ0v) is 11.8. The Kier molecular flexibility index (Phi) is 3.96. The van der Waals surface area contributed by atoms with Crippen LogP contribution < -0.4 is 5.32 Å². The van der Waals surface area contributed by atoms with Crippen molar-refractivity contribution in [3.8, 4) is 0 Å². The van der Waals surface area contributed by atoms with E-state index in [0.717, 1.165) is 24.2 Å². The molecule has 3 rings (SSSR count). The van der Waals surface area contributed by atoms with Crippen LogP contribution in [0.2, 0.25) is 0 Å². The molecule has 21 heavy (non-hydrogen) atoms. The molecule has 1 aliphatic rings. The maximum absolute atomic E-state index is 11.1. The Morgan fingerprint density at radius 1 is 1.29 bits per heavy atom. The number of para-hydroxylation sites is 1. The van der Waals surface area contributed by atoms with Crippen molar-refractivity contribution in [1.29, 1.82) is 0 Å². The third-order valence-electron chi connectivity index (χ3n) is 3.89. The molecule has 0 radical (unpaired) electrons. The molecule has 0 spiro atoms. The number of non-ortho nitro benzene ring substituents is 1. The largest absolute Gasteiger partial charge is 0.383 e. The van der Waals surface area contributed by atoms with E-state index in [0.29, 0.717) is 5.52 Å². The number of anilines is 1. The van der Waals surface area contributed by atoms with Gasteiger partial charge in [0.15, 0.2) is 0 Å². The summed E-state index contributed by atoms with van der Waals surface area (Å²) in [6.07, 6.45) is 4.18. The highest BCUT2D eigenvalue weighted by atomic mass is 16.6. The summed E-state index contributed by atoms with van der Waals surface area (Å²) < 4.78 is 0. The van der Waals surface area contributed by atoms with Gasteiger partial charge in [0.2, 0.25) is 0 Å². The number of pyridine rings is 1. The van der Waals surface area contributed by atoms with Gasteiger partial charge in [0.25, 0.3) is 5.69 Å². The molecule has 1 N–H and O–H groups in total. The summed E-state index contributed by atoms with van der Waals surface area (Å²) in [4.78, 5) is 17.3. The molecule has 0 bridgehead atoms. The minimum atomic E-state index is -0.386. The van der Waals surface area contributed by atoms with Crippen molar-refractivity contribution in [2.24, 2.45) is 0 Å². The van der Waals surface area contributed by atoms with E-state index in [9.17, 15) is 10.1 Å². The van der Waals surface area contributed by atoms with Gasteiger partial charge in [-0.3, -0.25) is 10.1 Å². The first-order chi connectivity index (χ1) is 10.3. The number of nitro groups is 1. The van der Waals surface area contributed by atoms with Crippen LogP contribution in [0, 0.1) is 10.1 Å². The van der Waals surface area contributed by atoms with Gasteiger partial charge in [0.05, 0.1) is 4.92 Å². The van der Waals surface area contributed by atoms with E-state index < -0.39 is 0 Å². The second-order valence-electron chi connectivity index (χ2n) is 5.26. The first-order valence-electron chi connectivity index (χ1n) is 7.24. The van der Waals surface area contributed by atoms with Gasteiger partial charge >= 0.3 is 0 Å². The van der Waals surface area contributed by atoms with E-state index in [1.54, 1.807) is 12.3 Å². The number of hydrogen-bond donors (Lipinski definition) is 1. The highest BCUT2D eigenvalue weighted by molar-refractivity contribution is 5.96. The minimum Gasteiger partial charge on any atom is -0.383 e. The number of nitrogens with zero attached hydrogens (tertiary/aromatic N) is 3. The van der Waals surface area contributed by atoms with Crippen molar-refractivity contribution >= 4 is 22.3 Å². The number of likely N-dealkylation sites (tertiary alicyclic amines) is 1. The lowest BCUT2D eigenvalue weighted by atomic mass is 10.1. The Labute approximate surface area is 122 Å². The normalized spacial score (nSPS) is 15.4. The van der Waals surface area contributed by atoms with E-state index in [4.69, 9.17) is 0 Å². The van der Waals surface area contributed by atoms with Gasteiger partial charge in [0.1, 0.15) is 5.52 Å². The highest BCUT2D eigenvalue weighted by Crippen LogP contribution is 2.28. The summed E-state index contributed by atoms with van der Waals surface area (Å²) >= 11 is 0. The quantitative estimate of drug-likeness (QED) is 0.676. The molecular formula is C15H18N4O2. The molecule has 0 atom stereocenters. The number of rotatable bonds is 5. The number of nitrogens with one attached hydrogen (secondary N) is 1. The fourth-order valence-corrected chi connectivity index (χ4v) is 2.82. The number of aromatic nitrogens is 1. The lowest BCUT2D eigenvalue weighted by Crippen LogP contribution is -2.26. The molecule has 2 heterocycles. The topological polar surface area (TPSA) is 71.3 Å². The van der Waals surface area contributed by atoms with Gasteiger partial charge in [-0.1, -0.05) is 12.1 Å². The Morgan fingerprint density at radius 2 is 2.10 bits per heavy atom. The summed E-state index contributed by atoms with van der Waals surface area (Å²) in [6.45, 7) is 4.18. The first-order valence-corrected chi connectivity index (χ1v) is 7.24. The Bertz CT molecular complexity index is 653. The molecule has 1 fully saturated rings. The van der Waals surface area contributed by atoms with Gasteiger partial charge in [-0.15, -0.1) is 0 Å². The average Bonchev–Trinajstić information content (AvgIpc) is 3.00. The van der Waals surface area contributed by atoms with Crippen molar-refractivity contribution in [2.75, 3.05) is 31.5 Å². The van der Waals surface area contributed by atoms with Crippen molar-refractivity contribution in [2.45, 2.75) is 12.8 Å². The zero-order chi connectivity index (χ0) is 14.7. The van der Waals surface area contributed by atoms with Crippen LogP contribution in [-0.2, 0) is 0 Å². The van der Waals surface area contributed by atoms with Gasteiger partial charge < -0.3 is 10.2 Å². The molecule has 6 nitrogen and oxygen atoms in total. The van der Waals surface area contributed by atoms with Gasteiger partial charge in [-0.25, -0.2) is 4.98 Å². The second kappa shape index (κ2) is 6.05. The molecule has 6 heteroatoms. The second-order valence-corrected chi connectivity index (χ2v) is 5.26. The smallest absolute Gasteiger partial charge is 0.295 e. The summed E-state index contributed by atoms with van der Waals surface area (Å²) in [6, 6.07) is 6.93. The minimum absolute atomic E-state index is 0.0516. The number of hydrogen-bond acceptors (Lipinski definition) is 5. The number of fused-ring (bicyclic) bond motifs is 1. The third-order valence-corrected chi connectivity index (χ3v) is 3.89. The maximum Gasteiger partial charge on any atom is 0.295 e. The van der Waals surface area contributed by atoms with Crippen LogP contribution in [0.3, 0.4) is 0 Å². The van der Waals surface area contributed by atoms with Crippen LogP contribution in [-0.4, -0.2) is 41.0 Å². The maximum atomic E-state index is 11.1. The Morgan fingerprint density at radius 3 is 2.86 bits per heavy atom. The van der Waals surface area contributed by atoms with E-state index in [1.807, 2.05) is 12.1 Å². The molecule has 1 saturated heterocycles. The van der Waals surface area contributed by atoms with Crippen LogP contribution in [0.4, 0.5) is 11.4 Å². The molecule has 1 aliphatic heterocycles. The van der Waals surface area contributed by atoms with Crippen LogP contribution >= 0.6 is 0 Å². The fraction of sp³-hybridized carbons (Fsp3) is 0.400. The number of nitro benzene ring substituents is 1. The van der Waals surface area contributed by atoms with E-state index >= 15 is 0 Å². The third kappa shape index (κ3) is 2.95. The van der Waals surface area contributed by atoms with E-state index in [-0.39, 0.29) is 10.6 Å². The molecule has 0 aliphatic carbocycles. The highest BCUT2D eigenvalue weighted by Gasteiger charge is 2.15. The lowest BCUT2D eigenvalue weighted by Gasteiger charge is -2.16. The standard InChI is InChI=1S/C15H18N4O2/c20-19(21)14-5-3-4-12-13(6-7-17-15(12)14)16-8-11-18-9-1-2-10-18/h3-7H,1-2,8-11H2,(H,16,17). The van der Waals surface area contributed by atoms with Crippen molar-refractivity contribution in [1.82, 2.24) is 9.88 Å². The van der Waals surface area contributed by atoms with Crippen molar-refractivity contribution in [3.05, 3.63) is 40.6 Å². The molecule has 110 valence electrons. The Balaban J connectivity index is 1.78. The summed E-state index contributed by atoms with van der Waals surface area (Å²) in [7, 11) is 0. The van der Waals surface area contributed by atoms with Gasteiger partial charge in [-0.2, -0.15) is 0 Å². The van der Waals surface area contributed by atoms with Gasteiger partial charge in [0, 0.05) is 36.4 Å². The molecule has 2 aromatic rings. The monoisotopic (exact) mass is 286 g/mol. The van der Waals surface area contributed by atoms with Gasteiger partial charge in [-0.05, 0) is 32.0 Å². The molecule has 1 aromatic heterocycles. The first kappa shape index (κ1) is 13.8. The molecular weight excluding hydrogens is 268 g/mol. The molecule has 1 aromatic carbocycles. The average molecular weight is 286 g/mol. The fourth-order valence-electron chi connectivity index (χ4n) is 2.82. The lowest BCUT2D eigenvalue weighted by molar-refractivity contribution is -0.383. The number of benzene rings is 1. The predicted octanol–water partition coefficient (Wildman–Crippen LogP) is 2.65. The molecule has 0 amide bonds. The van der Waals surface area contributed by atoms with Crippen LogP contribution in [0.1, 0.15) is 12.8 Å². The van der Waals surface area contributed by atoms with Crippen LogP contribution in [0.15, 0.2) is 30.5 Å². The van der Waals surface area contributed by atoms with E-state index in [1.165, 1.54) is 32.0 Å². The summed E-state index contributed by atoms with van der Waals surface area (Å²) in [5.41, 5.74) is 1.40. The SMILES string of the molecule is O=[N+]([O-])c1cccc2c(NCCN3CCCC3)ccnc12. The van der Waals surface area contributed by atoms with Crippen LogP contribution in [0.25, 0.3) is 10.9 Å². The summed E-state index contributed by atoms with van der Waals surface area (Å²) in [5, 5.41) is 15.2. The zero-order valence-electron chi connectivity index (χ0n) is 11.8. The predicted molar refractivity (Wildman–Crippen MR) is 82.6 cm³/mol.